The van der Waals surface area contributed by atoms with Crippen LogP contribution < -0.4 is 4.74 Å². The van der Waals surface area contributed by atoms with Crippen LogP contribution in [0.1, 0.15) is 36.5 Å². The first-order valence-corrected chi connectivity index (χ1v) is 9.99. The average Bonchev–Trinajstić information content (AvgIpc) is 2.78. The van der Waals surface area contributed by atoms with Gasteiger partial charge in [-0.1, -0.05) is 17.3 Å². The highest BCUT2D eigenvalue weighted by atomic mass is 19.4. The molecule has 0 radical (unpaired) electrons. The van der Waals surface area contributed by atoms with Gasteiger partial charge >= 0.3 is 6.18 Å². The Labute approximate surface area is 178 Å². The fourth-order valence-electron chi connectivity index (χ4n) is 3.13. The van der Waals surface area contributed by atoms with Gasteiger partial charge in [0.1, 0.15) is 19.0 Å². The van der Waals surface area contributed by atoms with Crippen LogP contribution in [0.25, 0.3) is 0 Å². The molecule has 1 saturated heterocycles. The summed E-state index contributed by atoms with van der Waals surface area (Å²) in [5.41, 5.74) is 1.29. The first-order valence-electron chi connectivity index (χ1n) is 9.99. The Morgan fingerprint density at radius 2 is 1.71 bits per heavy atom. The van der Waals surface area contributed by atoms with Gasteiger partial charge in [0.2, 0.25) is 0 Å². The first-order chi connectivity index (χ1) is 14.8. The summed E-state index contributed by atoms with van der Waals surface area (Å²) >= 11 is 0. The van der Waals surface area contributed by atoms with E-state index in [0.717, 1.165) is 30.5 Å². The second-order valence-corrected chi connectivity index (χ2v) is 7.31. The minimum Gasteiger partial charge on any atom is -0.486 e. The van der Waals surface area contributed by atoms with Crippen LogP contribution in [0.2, 0.25) is 0 Å². The van der Waals surface area contributed by atoms with Gasteiger partial charge in [0.05, 0.1) is 11.3 Å². The van der Waals surface area contributed by atoms with E-state index in [9.17, 15) is 18.0 Å². The Morgan fingerprint density at radius 3 is 2.32 bits per heavy atom. The van der Waals surface area contributed by atoms with E-state index in [1.165, 1.54) is 12.1 Å². The Morgan fingerprint density at radius 1 is 1.06 bits per heavy atom. The lowest BCUT2D eigenvalue weighted by Gasteiger charge is -2.20. The molecule has 1 aliphatic heterocycles. The standard InChI is InChI=1S/C23H24F3NO4/c1-16(27-31-14-17-2-6-20(7-3-17)23(24,25)26)18-4-8-21(9-5-18)30-15-22(28)19-10-12-29-13-11-19/h2-9,19H,10-15H2,1H3. The molecular formula is C23H24F3NO4. The molecule has 31 heavy (non-hydrogen) atoms. The van der Waals surface area contributed by atoms with Crippen LogP contribution in [0.3, 0.4) is 0 Å². The predicted octanol–water partition coefficient (Wildman–Crippen LogP) is 5.02. The molecule has 2 aromatic rings. The molecule has 1 heterocycles. The molecule has 0 aliphatic carbocycles. The fraction of sp³-hybridized carbons (Fsp3) is 0.391. The van der Waals surface area contributed by atoms with Crippen molar-refractivity contribution >= 4 is 11.5 Å². The molecule has 1 fully saturated rings. The van der Waals surface area contributed by atoms with Gasteiger partial charge < -0.3 is 14.3 Å². The second-order valence-electron chi connectivity index (χ2n) is 7.31. The average molecular weight is 435 g/mol. The predicted molar refractivity (Wildman–Crippen MR) is 109 cm³/mol. The van der Waals surface area contributed by atoms with Crippen molar-refractivity contribution < 1.29 is 32.3 Å². The zero-order chi connectivity index (χ0) is 22.3. The minimum atomic E-state index is -4.36. The van der Waals surface area contributed by atoms with E-state index in [4.69, 9.17) is 14.3 Å². The normalized spacial score (nSPS) is 15.5. The van der Waals surface area contributed by atoms with Gasteiger partial charge in [-0.3, -0.25) is 4.79 Å². The van der Waals surface area contributed by atoms with Gasteiger partial charge in [-0.15, -0.1) is 0 Å². The smallest absolute Gasteiger partial charge is 0.416 e. The van der Waals surface area contributed by atoms with Gasteiger partial charge in [0, 0.05) is 19.1 Å². The molecule has 0 spiro atoms. The summed E-state index contributed by atoms with van der Waals surface area (Å²) in [6, 6.07) is 11.9. The summed E-state index contributed by atoms with van der Waals surface area (Å²) in [4.78, 5) is 17.4. The van der Waals surface area contributed by atoms with Crippen molar-refractivity contribution in [3.8, 4) is 5.75 Å². The van der Waals surface area contributed by atoms with Crippen molar-refractivity contribution in [2.75, 3.05) is 19.8 Å². The lowest BCUT2D eigenvalue weighted by Crippen LogP contribution is -2.27. The number of carbonyl (C=O) groups is 1. The Balaban J connectivity index is 1.47. The lowest BCUT2D eigenvalue weighted by molar-refractivity contribution is -0.137. The van der Waals surface area contributed by atoms with E-state index in [-0.39, 0.29) is 24.9 Å². The molecule has 0 amide bonds. The molecule has 166 valence electrons. The molecule has 0 N–H and O–H groups in total. The number of alkyl halides is 3. The number of carbonyl (C=O) groups excluding carboxylic acids is 1. The molecular weight excluding hydrogens is 411 g/mol. The molecule has 0 bridgehead atoms. The van der Waals surface area contributed by atoms with E-state index >= 15 is 0 Å². The Kier molecular flexibility index (Phi) is 7.68. The number of rotatable bonds is 8. The monoisotopic (exact) mass is 435 g/mol. The number of halogens is 3. The summed E-state index contributed by atoms with van der Waals surface area (Å²) < 4.78 is 48.6. The van der Waals surface area contributed by atoms with Crippen LogP contribution in [0, 0.1) is 5.92 Å². The van der Waals surface area contributed by atoms with E-state index in [1.807, 2.05) is 0 Å². The quantitative estimate of drug-likeness (QED) is 0.432. The maximum atomic E-state index is 12.6. The van der Waals surface area contributed by atoms with Gasteiger partial charge in [-0.25, -0.2) is 0 Å². The number of ketones is 1. The van der Waals surface area contributed by atoms with Crippen molar-refractivity contribution in [1.82, 2.24) is 0 Å². The van der Waals surface area contributed by atoms with Gasteiger partial charge in [-0.2, -0.15) is 13.2 Å². The van der Waals surface area contributed by atoms with Crippen molar-refractivity contribution in [3.63, 3.8) is 0 Å². The summed E-state index contributed by atoms with van der Waals surface area (Å²) in [5.74, 6) is 0.675. The Bertz CT molecular complexity index is 887. The molecule has 0 saturated carbocycles. The Hall–Kier alpha value is -2.87. The second kappa shape index (κ2) is 10.4. The molecule has 0 aromatic heterocycles. The van der Waals surface area contributed by atoms with Gasteiger partial charge in [0.25, 0.3) is 0 Å². The molecule has 1 aliphatic rings. The minimum absolute atomic E-state index is 0.00390. The molecule has 0 unspecified atom stereocenters. The van der Waals surface area contributed by atoms with E-state index < -0.39 is 11.7 Å². The summed E-state index contributed by atoms with van der Waals surface area (Å²) in [7, 11) is 0. The van der Waals surface area contributed by atoms with E-state index in [2.05, 4.69) is 5.16 Å². The lowest BCUT2D eigenvalue weighted by atomic mass is 9.96. The maximum absolute atomic E-state index is 12.6. The molecule has 8 heteroatoms. The highest BCUT2D eigenvalue weighted by Crippen LogP contribution is 2.29. The third-order valence-corrected chi connectivity index (χ3v) is 5.04. The van der Waals surface area contributed by atoms with Crippen molar-refractivity contribution in [2.24, 2.45) is 11.1 Å². The number of hydrogen-bond acceptors (Lipinski definition) is 5. The zero-order valence-corrected chi connectivity index (χ0v) is 17.2. The SMILES string of the molecule is CC(=NOCc1ccc(C(F)(F)F)cc1)c1ccc(OCC(=O)C2CCOCC2)cc1. The third-order valence-electron chi connectivity index (χ3n) is 5.04. The number of oxime groups is 1. The van der Waals surface area contributed by atoms with E-state index in [1.54, 1.807) is 31.2 Å². The largest absolute Gasteiger partial charge is 0.486 e. The van der Waals surface area contributed by atoms with Gasteiger partial charge in [0.15, 0.2) is 5.78 Å². The maximum Gasteiger partial charge on any atom is 0.416 e. The molecule has 5 nitrogen and oxygen atoms in total. The van der Waals surface area contributed by atoms with Crippen LogP contribution >= 0.6 is 0 Å². The van der Waals surface area contributed by atoms with Crippen molar-refractivity contribution in [3.05, 3.63) is 65.2 Å². The summed E-state index contributed by atoms with van der Waals surface area (Å²) in [6.45, 7) is 3.09. The summed E-state index contributed by atoms with van der Waals surface area (Å²) in [5, 5.41) is 4.01. The van der Waals surface area contributed by atoms with Crippen LogP contribution in [-0.2, 0) is 27.2 Å². The third kappa shape index (κ3) is 6.82. The van der Waals surface area contributed by atoms with Crippen LogP contribution in [0.15, 0.2) is 53.7 Å². The number of ether oxygens (including phenoxy) is 2. The van der Waals surface area contributed by atoms with Crippen LogP contribution in [0.4, 0.5) is 13.2 Å². The van der Waals surface area contributed by atoms with Crippen molar-refractivity contribution in [1.29, 1.82) is 0 Å². The van der Waals surface area contributed by atoms with Gasteiger partial charge in [-0.05, 0) is 67.3 Å². The van der Waals surface area contributed by atoms with Crippen LogP contribution in [-0.4, -0.2) is 31.3 Å². The molecule has 3 rings (SSSR count). The highest BCUT2D eigenvalue weighted by Gasteiger charge is 2.29. The number of hydrogen-bond donors (Lipinski definition) is 0. The highest BCUT2D eigenvalue weighted by molar-refractivity contribution is 5.98. The van der Waals surface area contributed by atoms with E-state index in [0.29, 0.717) is 30.2 Å². The number of benzene rings is 2. The number of nitrogens with zero attached hydrogens (tertiary/aromatic N) is 1. The first kappa shape index (κ1) is 22.8. The fourth-order valence-corrected chi connectivity index (χ4v) is 3.13. The molecule has 2 aromatic carbocycles. The number of Topliss-reactive ketones (excluding diaryl/α,β-unsaturated/α-hetero) is 1. The molecule has 0 atom stereocenters. The zero-order valence-electron chi connectivity index (χ0n) is 17.2. The summed E-state index contributed by atoms with van der Waals surface area (Å²) in [6.07, 6.45) is -2.88. The van der Waals surface area contributed by atoms with Crippen LogP contribution in [0.5, 0.6) is 5.75 Å². The van der Waals surface area contributed by atoms with Crippen molar-refractivity contribution in [2.45, 2.75) is 32.5 Å². The topological polar surface area (TPSA) is 57.1 Å².